The summed E-state index contributed by atoms with van der Waals surface area (Å²) < 4.78 is 11.6. The van der Waals surface area contributed by atoms with Crippen molar-refractivity contribution in [2.24, 2.45) is 0 Å². The maximum Gasteiger partial charge on any atom is 0.266 e. The average Bonchev–Trinajstić information content (AvgIpc) is 3.45. The number of hydrogen-bond donors (Lipinski definition) is 0. The minimum atomic E-state index is 0.0609. The van der Waals surface area contributed by atoms with Gasteiger partial charge in [-0.15, -0.1) is 11.3 Å². The fourth-order valence-electron chi connectivity index (χ4n) is 3.98. The fourth-order valence-corrected chi connectivity index (χ4v) is 5.71. The number of likely N-dealkylation sites (tertiary alicyclic amines) is 1. The van der Waals surface area contributed by atoms with E-state index >= 15 is 0 Å². The minimum absolute atomic E-state index is 0.0609. The van der Waals surface area contributed by atoms with Crippen molar-refractivity contribution in [3.63, 3.8) is 0 Å². The molecule has 5 nitrogen and oxygen atoms in total. The van der Waals surface area contributed by atoms with Gasteiger partial charge in [-0.3, -0.25) is 4.79 Å². The van der Waals surface area contributed by atoms with E-state index in [2.05, 4.69) is 16.4 Å². The molecule has 1 atom stereocenters. The number of nitrogens with zero attached hydrogens (tertiary/aromatic N) is 2. The van der Waals surface area contributed by atoms with E-state index in [9.17, 15) is 4.79 Å². The van der Waals surface area contributed by atoms with Crippen LogP contribution in [0.1, 0.15) is 46.2 Å². The van der Waals surface area contributed by atoms with Crippen LogP contribution in [0.2, 0.25) is 0 Å². The van der Waals surface area contributed by atoms with Crippen LogP contribution in [0.25, 0.3) is 10.6 Å². The molecule has 29 heavy (non-hydrogen) atoms. The van der Waals surface area contributed by atoms with E-state index in [0.29, 0.717) is 13.2 Å². The summed E-state index contributed by atoms with van der Waals surface area (Å²) in [7, 11) is 0. The van der Waals surface area contributed by atoms with Gasteiger partial charge in [0.15, 0.2) is 11.5 Å². The highest BCUT2D eigenvalue weighted by atomic mass is 32.1. The molecule has 1 unspecified atom stereocenters. The van der Waals surface area contributed by atoms with Gasteiger partial charge in [0.1, 0.15) is 9.88 Å². The molecule has 0 bridgehead atoms. The van der Waals surface area contributed by atoms with Crippen molar-refractivity contribution < 1.29 is 14.3 Å². The van der Waals surface area contributed by atoms with Gasteiger partial charge in [0, 0.05) is 23.9 Å². The van der Waals surface area contributed by atoms with Gasteiger partial charge in [0.25, 0.3) is 5.91 Å². The predicted octanol–water partition coefficient (Wildman–Crippen LogP) is 5.32. The smallest absolute Gasteiger partial charge is 0.266 e. The Morgan fingerprint density at radius 3 is 2.86 bits per heavy atom. The summed E-state index contributed by atoms with van der Waals surface area (Å²) in [5.41, 5.74) is 3.01. The second kappa shape index (κ2) is 7.80. The van der Waals surface area contributed by atoms with Gasteiger partial charge in [0.2, 0.25) is 0 Å². The molecule has 0 N–H and O–H groups in total. The molecule has 0 saturated carbocycles. The van der Waals surface area contributed by atoms with Gasteiger partial charge in [0.05, 0.1) is 24.9 Å². The number of hydrogen-bond acceptors (Lipinski definition) is 6. The highest BCUT2D eigenvalue weighted by Crippen LogP contribution is 2.39. The molecule has 0 spiro atoms. The van der Waals surface area contributed by atoms with Gasteiger partial charge in [-0.2, -0.15) is 11.3 Å². The fraction of sp³-hybridized carbons (Fsp3) is 0.364. The van der Waals surface area contributed by atoms with Crippen molar-refractivity contribution >= 4 is 28.6 Å². The van der Waals surface area contributed by atoms with Gasteiger partial charge in [-0.1, -0.05) is 6.07 Å². The molecule has 3 aromatic rings. The van der Waals surface area contributed by atoms with Gasteiger partial charge in [-0.25, -0.2) is 4.98 Å². The van der Waals surface area contributed by atoms with Crippen LogP contribution in [0.15, 0.2) is 35.0 Å². The summed E-state index contributed by atoms with van der Waals surface area (Å²) in [6.45, 7) is 4.04. The second-order valence-corrected chi connectivity index (χ2v) is 9.14. The lowest BCUT2D eigenvalue weighted by Crippen LogP contribution is -2.30. The Balaban J connectivity index is 1.43. The topological polar surface area (TPSA) is 51.7 Å². The maximum atomic E-state index is 13.4. The molecule has 2 aliphatic heterocycles. The maximum absolute atomic E-state index is 13.4. The van der Waals surface area contributed by atoms with Crippen molar-refractivity contribution in [2.75, 3.05) is 19.8 Å². The average molecular weight is 427 g/mol. The number of amides is 1. The molecule has 1 aromatic carbocycles. The van der Waals surface area contributed by atoms with E-state index < -0.39 is 0 Å². The minimum Gasteiger partial charge on any atom is -0.490 e. The van der Waals surface area contributed by atoms with Crippen molar-refractivity contribution in [3.05, 3.63) is 51.2 Å². The van der Waals surface area contributed by atoms with Crippen molar-refractivity contribution in [2.45, 2.75) is 32.2 Å². The van der Waals surface area contributed by atoms with Gasteiger partial charge >= 0.3 is 0 Å². The highest BCUT2D eigenvalue weighted by Gasteiger charge is 2.33. The first kappa shape index (κ1) is 18.6. The first-order valence-corrected chi connectivity index (χ1v) is 11.7. The molecule has 1 saturated heterocycles. The van der Waals surface area contributed by atoms with Crippen LogP contribution in [-0.4, -0.2) is 35.5 Å². The Bertz CT molecular complexity index is 1030. The van der Waals surface area contributed by atoms with Crippen LogP contribution in [0.3, 0.4) is 0 Å². The predicted molar refractivity (Wildman–Crippen MR) is 115 cm³/mol. The van der Waals surface area contributed by atoms with Crippen molar-refractivity contribution in [1.29, 1.82) is 0 Å². The number of carbonyl (C=O) groups is 1. The molecule has 5 rings (SSSR count). The van der Waals surface area contributed by atoms with E-state index in [-0.39, 0.29) is 11.9 Å². The number of ether oxygens (including phenoxy) is 2. The largest absolute Gasteiger partial charge is 0.490 e. The Kier molecular flexibility index (Phi) is 5.01. The Morgan fingerprint density at radius 2 is 2.03 bits per heavy atom. The lowest BCUT2D eigenvalue weighted by Gasteiger charge is -2.25. The summed E-state index contributed by atoms with van der Waals surface area (Å²) in [5.74, 6) is 1.66. The van der Waals surface area contributed by atoms with Crippen molar-refractivity contribution in [1.82, 2.24) is 9.88 Å². The van der Waals surface area contributed by atoms with E-state index in [1.807, 2.05) is 35.4 Å². The third-order valence-electron chi connectivity index (χ3n) is 5.43. The van der Waals surface area contributed by atoms with Crippen LogP contribution in [0.5, 0.6) is 11.5 Å². The van der Waals surface area contributed by atoms with E-state index in [1.54, 1.807) is 11.3 Å². The van der Waals surface area contributed by atoms with E-state index in [1.165, 1.54) is 11.3 Å². The van der Waals surface area contributed by atoms with Crippen LogP contribution >= 0.6 is 22.7 Å². The molecule has 1 amide bonds. The van der Waals surface area contributed by atoms with Crippen LogP contribution in [0, 0.1) is 6.92 Å². The molecular weight excluding hydrogens is 404 g/mol. The number of aromatic nitrogens is 1. The second-order valence-electron chi connectivity index (χ2n) is 7.36. The summed E-state index contributed by atoms with van der Waals surface area (Å²) >= 11 is 3.14. The first-order chi connectivity index (χ1) is 14.2. The highest BCUT2D eigenvalue weighted by molar-refractivity contribution is 7.17. The normalized spacial score (nSPS) is 18.7. The Hall–Kier alpha value is -2.38. The monoisotopic (exact) mass is 426 g/mol. The zero-order valence-electron chi connectivity index (χ0n) is 16.2. The number of thiazole rings is 1. The Labute approximate surface area is 177 Å². The molecular formula is C22H22N2O3S2. The van der Waals surface area contributed by atoms with Gasteiger partial charge < -0.3 is 14.4 Å². The molecule has 2 aliphatic rings. The number of thiophene rings is 1. The molecule has 150 valence electrons. The summed E-state index contributed by atoms with van der Waals surface area (Å²) in [5, 5.41) is 5.02. The number of fused-ring (bicyclic) bond motifs is 1. The third-order valence-corrected chi connectivity index (χ3v) is 7.31. The summed E-state index contributed by atoms with van der Waals surface area (Å²) in [6, 6.07) is 8.20. The first-order valence-electron chi connectivity index (χ1n) is 9.91. The zero-order chi connectivity index (χ0) is 19.8. The van der Waals surface area contributed by atoms with Gasteiger partial charge in [-0.05, 0) is 48.9 Å². The lowest BCUT2D eigenvalue weighted by molar-refractivity contribution is 0.0739. The number of rotatable bonds is 3. The molecule has 7 heteroatoms. The van der Waals surface area contributed by atoms with Crippen LogP contribution < -0.4 is 9.47 Å². The Morgan fingerprint density at radius 1 is 1.17 bits per heavy atom. The van der Waals surface area contributed by atoms with Crippen molar-refractivity contribution in [3.8, 4) is 22.1 Å². The number of benzene rings is 1. The molecule has 4 heterocycles. The lowest BCUT2D eigenvalue weighted by atomic mass is 10.0. The zero-order valence-corrected chi connectivity index (χ0v) is 17.9. The molecule has 0 radical (unpaired) electrons. The van der Waals surface area contributed by atoms with E-state index in [0.717, 1.165) is 64.0 Å². The quantitative estimate of drug-likeness (QED) is 0.569. The third kappa shape index (κ3) is 3.53. The summed E-state index contributed by atoms with van der Waals surface area (Å²) in [4.78, 5) is 20.8. The number of aryl methyl sites for hydroxylation is 1. The molecule has 0 aliphatic carbocycles. The summed E-state index contributed by atoms with van der Waals surface area (Å²) in [6.07, 6.45) is 2.84. The standard InChI is InChI=1S/C22H22N2O3S2/c1-14-20(29-21(23-14)16-7-11-28-13-16)22(25)24-8-2-4-17(24)15-5-6-18-19(12-15)27-10-3-9-26-18/h5-7,11-13,17H,2-4,8-10H2,1H3. The SMILES string of the molecule is Cc1nc(-c2ccsc2)sc1C(=O)N1CCCC1c1ccc2c(c1)OCCCO2. The molecule has 1 fully saturated rings. The van der Waals surface area contributed by atoms with Crippen LogP contribution in [-0.2, 0) is 0 Å². The number of carbonyl (C=O) groups excluding carboxylic acids is 1. The van der Waals surface area contributed by atoms with E-state index in [4.69, 9.17) is 9.47 Å². The molecule has 2 aromatic heterocycles. The van der Waals surface area contributed by atoms with Crippen LogP contribution in [0.4, 0.5) is 0 Å².